The van der Waals surface area contributed by atoms with Crippen LogP contribution in [0.5, 0.6) is 0 Å². The quantitative estimate of drug-likeness (QED) is 0.0253. The van der Waals surface area contributed by atoms with Gasteiger partial charge in [0.1, 0.15) is 73.2 Å². The second-order valence-electron chi connectivity index (χ2n) is 25.4. The second kappa shape index (κ2) is 49.5. The Hall–Kier alpha value is -1.21. The summed E-state index contributed by atoms with van der Waals surface area (Å²) in [7, 11) is 0. The van der Waals surface area contributed by atoms with Crippen LogP contribution in [-0.4, -0.2) is 193 Å². The number of carbonyl (C=O) groups is 1. The summed E-state index contributed by atoms with van der Waals surface area (Å²) in [5.74, 6) is -0.246. The van der Waals surface area contributed by atoms with E-state index in [1.807, 2.05) is 0 Å². The van der Waals surface area contributed by atoms with E-state index in [2.05, 4.69) is 19.2 Å². The summed E-state index contributed by atoms with van der Waals surface area (Å²) in [5.41, 5.74) is 0. The summed E-state index contributed by atoms with van der Waals surface area (Å²) in [4.78, 5) is 13.2. The molecule has 17 atom stereocenters. The Morgan fingerprint density at radius 3 is 1.02 bits per heavy atom. The minimum absolute atomic E-state index is 0.246. The first kappa shape index (κ1) is 78.0. The van der Waals surface area contributed by atoms with Crippen LogP contribution in [-0.2, 0) is 33.2 Å². The minimum Gasteiger partial charge on any atom is -0.394 e. The molecule has 85 heavy (non-hydrogen) atoms. The molecule has 3 saturated heterocycles. The van der Waals surface area contributed by atoms with Gasteiger partial charge in [-0.25, -0.2) is 0 Å². The van der Waals surface area contributed by atoms with Crippen LogP contribution in [0, 0.1) is 0 Å². The van der Waals surface area contributed by atoms with Crippen molar-refractivity contribution in [3.8, 4) is 0 Å². The fraction of sp³-hybridized carbons (Fsp3) is 0.985. The lowest BCUT2D eigenvalue weighted by atomic mass is 9.96. The van der Waals surface area contributed by atoms with Gasteiger partial charge < -0.3 is 89.9 Å². The lowest BCUT2D eigenvalue weighted by Crippen LogP contribution is -2.66. The van der Waals surface area contributed by atoms with Gasteiger partial charge in [0.15, 0.2) is 18.9 Å². The molecule has 0 aromatic heterocycles. The van der Waals surface area contributed by atoms with Crippen molar-refractivity contribution in [1.82, 2.24) is 5.32 Å². The molecule has 0 saturated carbocycles. The number of hydrogen-bond acceptors (Lipinski definition) is 18. The monoisotopic (exact) mass is 1220 g/mol. The predicted octanol–water partition coefficient (Wildman–Crippen LogP) is 8.72. The van der Waals surface area contributed by atoms with Crippen LogP contribution in [0.4, 0.5) is 0 Å². The molecule has 3 aliphatic rings. The molecule has 3 aliphatic heterocycles. The van der Waals surface area contributed by atoms with Gasteiger partial charge in [0.05, 0.1) is 38.6 Å². The lowest BCUT2D eigenvalue weighted by molar-refractivity contribution is -0.379. The largest absolute Gasteiger partial charge is 0.394 e. The van der Waals surface area contributed by atoms with Gasteiger partial charge in [-0.3, -0.25) is 4.79 Å². The van der Waals surface area contributed by atoms with Crippen molar-refractivity contribution in [3.05, 3.63) is 0 Å². The van der Waals surface area contributed by atoms with Gasteiger partial charge >= 0.3 is 0 Å². The highest BCUT2D eigenvalue weighted by atomic mass is 16.8. The third-order valence-electron chi connectivity index (χ3n) is 17.9. The zero-order chi connectivity index (χ0) is 61.9. The fourth-order valence-corrected chi connectivity index (χ4v) is 12.3. The Bertz CT molecular complexity index is 1550. The maximum absolute atomic E-state index is 13.2. The predicted molar refractivity (Wildman–Crippen MR) is 328 cm³/mol. The number of carbonyl (C=O) groups excluding carboxylic acids is 1. The molecule has 0 aromatic carbocycles. The van der Waals surface area contributed by atoms with Gasteiger partial charge in [0.2, 0.25) is 5.91 Å². The maximum atomic E-state index is 13.2. The van der Waals surface area contributed by atoms with Crippen LogP contribution in [0.15, 0.2) is 0 Å². The summed E-state index contributed by atoms with van der Waals surface area (Å²) < 4.78 is 34.3. The molecule has 19 heteroatoms. The van der Waals surface area contributed by atoms with Crippen molar-refractivity contribution < 1.29 is 89.4 Å². The SMILES string of the molecule is CCCCCCCCCCCCCCCCCCCCCCCCCCCCCCCCCCCC(O)C(COC1OC(CO)C(OC2OC(CO)C(OC3OC(CO)C(O)C(O)C3O)C(O)C2O)C(O)C1O)NC(=O)CCCCCCCCC. The molecule has 12 N–H and O–H groups in total. The van der Waals surface area contributed by atoms with E-state index in [4.69, 9.17) is 28.4 Å². The first-order valence-electron chi connectivity index (χ1n) is 34.8. The highest BCUT2D eigenvalue weighted by Crippen LogP contribution is 2.33. The zero-order valence-electron chi connectivity index (χ0n) is 53.1. The summed E-state index contributed by atoms with van der Waals surface area (Å²) in [6, 6.07) is -0.879. The van der Waals surface area contributed by atoms with Gasteiger partial charge in [-0.1, -0.05) is 264 Å². The van der Waals surface area contributed by atoms with Gasteiger partial charge in [0, 0.05) is 6.42 Å². The van der Waals surface area contributed by atoms with E-state index < -0.39 is 124 Å². The van der Waals surface area contributed by atoms with E-state index in [-0.39, 0.29) is 18.9 Å². The molecule has 0 aromatic rings. The molecule has 0 radical (unpaired) electrons. The second-order valence-corrected chi connectivity index (χ2v) is 25.4. The van der Waals surface area contributed by atoms with Gasteiger partial charge in [-0.05, 0) is 12.8 Å². The van der Waals surface area contributed by atoms with Crippen molar-refractivity contribution >= 4 is 5.91 Å². The molecule has 504 valence electrons. The van der Waals surface area contributed by atoms with Gasteiger partial charge in [0.25, 0.3) is 0 Å². The van der Waals surface area contributed by atoms with Crippen LogP contribution in [0.2, 0.25) is 0 Å². The molecule has 0 bridgehead atoms. The van der Waals surface area contributed by atoms with E-state index in [1.165, 1.54) is 199 Å². The number of amides is 1. The van der Waals surface area contributed by atoms with Crippen LogP contribution in [0.25, 0.3) is 0 Å². The number of hydrogen-bond donors (Lipinski definition) is 12. The standard InChI is InChI=1S/C66H127NO18/c1-3-5-7-9-11-12-13-14-15-16-17-18-19-20-21-22-23-24-25-26-27-28-29-30-31-32-33-34-35-36-38-39-41-43-50(71)49(67-54(72)44-42-40-37-10-8-6-4-2)48-80-64-60(78)57(75)62(52(46-69)82-64)85-66-61(79)58(76)63(53(47-70)83-66)84-65-59(77)56(74)55(73)51(45-68)81-65/h49-53,55-66,68-71,73-79H,3-48H2,1-2H3,(H,67,72). The van der Waals surface area contributed by atoms with Crippen molar-refractivity contribution in [3.63, 3.8) is 0 Å². The highest BCUT2D eigenvalue weighted by molar-refractivity contribution is 5.76. The van der Waals surface area contributed by atoms with Crippen molar-refractivity contribution in [1.29, 1.82) is 0 Å². The summed E-state index contributed by atoms with van der Waals surface area (Å²) in [6.45, 7) is 1.76. The normalized spacial score (nSPS) is 28.9. The lowest BCUT2D eigenvalue weighted by Gasteiger charge is -2.48. The average molecular weight is 1220 g/mol. The van der Waals surface area contributed by atoms with Crippen LogP contribution < -0.4 is 5.32 Å². The summed E-state index contributed by atoms with van der Waals surface area (Å²) in [5, 5.41) is 120. The zero-order valence-corrected chi connectivity index (χ0v) is 53.1. The summed E-state index contributed by atoms with van der Waals surface area (Å²) in [6.07, 6.45) is 25.5. The number of aliphatic hydroxyl groups excluding tert-OH is 11. The van der Waals surface area contributed by atoms with E-state index in [1.54, 1.807) is 0 Å². The molecule has 3 rings (SSSR count). The van der Waals surface area contributed by atoms with Crippen LogP contribution in [0.1, 0.15) is 284 Å². The average Bonchev–Trinajstić information content (AvgIpc) is 2.91. The highest BCUT2D eigenvalue weighted by Gasteiger charge is 2.53. The topological polar surface area (TPSA) is 307 Å². The Kier molecular flexibility index (Phi) is 45.4. The Labute approximate surface area is 513 Å². The smallest absolute Gasteiger partial charge is 0.220 e. The Balaban J connectivity index is 1.30. The number of nitrogens with one attached hydrogen (secondary N) is 1. The summed E-state index contributed by atoms with van der Waals surface area (Å²) >= 11 is 0. The van der Waals surface area contributed by atoms with Crippen LogP contribution in [0.3, 0.4) is 0 Å². The van der Waals surface area contributed by atoms with E-state index in [9.17, 15) is 61.0 Å². The van der Waals surface area contributed by atoms with E-state index in [0.29, 0.717) is 12.8 Å². The Morgan fingerprint density at radius 1 is 0.376 bits per heavy atom. The van der Waals surface area contributed by atoms with Crippen molar-refractivity contribution in [2.75, 3.05) is 26.4 Å². The van der Waals surface area contributed by atoms with E-state index in [0.717, 1.165) is 51.4 Å². The Morgan fingerprint density at radius 2 is 0.671 bits per heavy atom. The number of ether oxygens (including phenoxy) is 6. The molecule has 17 unspecified atom stereocenters. The molecule has 1 amide bonds. The van der Waals surface area contributed by atoms with E-state index >= 15 is 0 Å². The maximum Gasteiger partial charge on any atom is 0.220 e. The minimum atomic E-state index is -1.97. The van der Waals surface area contributed by atoms with Gasteiger partial charge in [-0.2, -0.15) is 0 Å². The molecule has 3 fully saturated rings. The third-order valence-corrected chi connectivity index (χ3v) is 17.9. The molecule has 0 aliphatic carbocycles. The first-order valence-corrected chi connectivity index (χ1v) is 34.8. The molecular weight excluding hydrogens is 1090 g/mol. The first-order chi connectivity index (χ1) is 41.3. The molecule has 3 heterocycles. The molecule has 0 spiro atoms. The molecule has 19 nitrogen and oxygen atoms in total. The number of aliphatic hydroxyl groups is 11. The van der Waals surface area contributed by atoms with Gasteiger partial charge in [-0.15, -0.1) is 0 Å². The third kappa shape index (κ3) is 32.1. The molecular formula is C66H127NO18. The number of rotatable bonds is 54. The fourth-order valence-electron chi connectivity index (χ4n) is 12.3. The number of unbranched alkanes of at least 4 members (excludes halogenated alkanes) is 38. The van der Waals surface area contributed by atoms with Crippen LogP contribution >= 0.6 is 0 Å². The van der Waals surface area contributed by atoms with Crippen molar-refractivity contribution in [2.45, 2.75) is 388 Å². The van der Waals surface area contributed by atoms with Crippen molar-refractivity contribution in [2.24, 2.45) is 0 Å².